The molecule has 3 aromatic carbocycles. The molecule has 3 aromatic heterocycles. The number of amides is 10. The maximum Gasteiger partial charge on any atom is 0.246 e. The van der Waals surface area contributed by atoms with Crippen molar-refractivity contribution in [2.24, 2.45) is 22.2 Å². The molecule has 8 rings (SSSR count). The second kappa shape index (κ2) is 31.6. The molecule has 0 saturated carbocycles. The van der Waals surface area contributed by atoms with E-state index >= 15 is 14.4 Å². The number of guanidine groups is 1. The van der Waals surface area contributed by atoms with Crippen LogP contribution in [-0.2, 0) is 60.8 Å². The maximum atomic E-state index is 15.5. The fraction of sp³-hybridized carbons (Fsp3) is 0.419. The number of hydrogen-bond donors (Lipinski definition) is 12. The summed E-state index contributed by atoms with van der Waals surface area (Å²) in [6, 6.07) is 15.2. The molecule has 2 aliphatic heterocycles. The van der Waals surface area contributed by atoms with Gasteiger partial charge in [0.1, 0.15) is 48.0 Å². The lowest BCUT2D eigenvalue weighted by molar-refractivity contribution is -0.143. The molecular formula is C62H78N18O10. The number of aromatic nitrogens is 5. The minimum absolute atomic E-state index is 0.0112. The molecule has 6 aromatic rings. The first-order valence-electron chi connectivity index (χ1n) is 30.2. The van der Waals surface area contributed by atoms with E-state index < -0.39 is 120 Å². The second-order valence-electron chi connectivity index (χ2n) is 22.5. The number of hydrogen-bond acceptors (Lipinski definition) is 14. The Morgan fingerprint density at radius 2 is 1.50 bits per heavy atom. The van der Waals surface area contributed by atoms with Gasteiger partial charge >= 0.3 is 0 Å². The van der Waals surface area contributed by atoms with Gasteiger partial charge in [-0.2, -0.15) is 0 Å². The SMILES string of the molecule is CCCCC(NC(C)=O)C(=O)N[C@H]1CC(=O)NCCCC[C@@H](C(N)=O)NC(=O)CNC(=O)[C@H](Cc2c[nH]c3ccccc23)NC(=O)[C@H](CCCN=C(N)N)NC(=O)[C@@H](Cc2ccc3ccccc3c2)NC(=O)[C@@H]2C[C@@H](n3cc(-c4ccccn4)nn3)CN2C1=O. The lowest BCUT2D eigenvalue weighted by atomic mass is 9.99. The molecule has 0 radical (unpaired) electrons. The highest BCUT2D eigenvalue weighted by atomic mass is 16.2. The third-order valence-electron chi connectivity index (χ3n) is 15.8. The van der Waals surface area contributed by atoms with Crippen LogP contribution < -0.4 is 59.7 Å². The number of pyridine rings is 1. The first kappa shape index (κ1) is 65.7. The summed E-state index contributed by atoms with van der Waals surface area (Å²) in [5, 5.41) is 33.0. The molecule has 0 aliphatic carbocycles. The van der Waals surface area contributed by atoms with Gasteiger partial charge in [0.25, 0.3) is 0 Å². The van der Waals surface area contributed by atoms with Gasteiger partial charge < -0.3 is 69.6 Å². The molecule has 10 amide bonds. The topological polar surface area (TPSA) is 420 Å². The Hall–Kier alpha value is -10.3. The summed E-state index contributed by atoms with van der Waals surface area (Å²) >= 11 is 0. The summed E-state index contributed by atoms with van der Waals surface area (Å²) in [5.41, 5.74) is 19.9. The molecule has 476 valence electrons. The number of nitrogens with one attached hydrogen (secondary N) is 9. The van der Waals surface area contributed by atoms with Gasteiger partial charge in [-0.25, -0.2) is 4.68 Å². The molecule has 8 atom stereocenters. The van der Waals surface area contributed by atoms with E-state index in [9.17, 15) is 33.6 Å². The predicted molar refractivity (Wildman–Crippen MR) is 332 cm³/mol. The van der Waals surface area contributed by atoms with Gasteiger partial charge in [-0.1, -0.05) is 91.7 Å². The Bertz CT molecular complexity index is 3590. The average Bonchev–Trinajstić information content (AvgIpc) is 1.95. The standard InChI is InChI=1S/C62H78N18O10/c1-3-4-17-46(71-36(2)81)57(86)76-50-31-53(82)67-25-12-10-20-45(55(63)84)72-54(83)33-70-56(85)49(29-40-32-69-43-18-8-7-16-42(40)43)74-58(87)47(21-13-26-68-62(64)65)73-59(88)48(28-37-22-23-38-14-5-6-15-39(38)27-37)75-60(89)52-30-41(34-79(52)61(50)90)80-35-51(77-78-80)44-19-9-11-24-66-44/h5-9,11,14-16,18-19,22-24,27,32,35,41,45-50,52,69H,3-4,10,12-13,17,20-21,25-26,28-31,33-34H2,1-2H3,(H2,63,84)(H,67,82)(H,70,85)(H,71,81)(H,72,83)(H,73,88)(H,74,87)(H,75,89)(H,76,86)(H4,64,65,68)/t41-,45+,46?,47+,48-,49+,50+,52+/m1/s1. The van der Waals surface area contributed by atoms with Crippen molar-refractivity contribution in [2.45, 2.75) is 139 Å². The normalized spacial score (nSPS) is 21.6. The number of nitrogens with zero attached hydrogens (tertiary/aromatic N) is 6. The summed E-state index contributed by atoms with van der Waals surface area (Å²) in [7, 11) is 0. The van der Waals surface area contributed by atoms with Crippen molar-refractivity contribution in [3.8, 4) is 11.4 Å². The van der Waals surface area contributed by atoms with E-state index in [2.05, 4.69) is 67.8 Å². The van der Waals surface area contributed by atoms with E-state index in [1.54, 1.807) is 42.9 Å². The highest BCUT2D eigenvalue weighted by molar-refractivity contribution is 5.99. The van der Waals surface area contributed by atoms with E-state index in [0.29, 0.717) is 35.4 Å². The van der Waals surface area contributed by atoms with Crippen molar-refractivity contribution in [1.82, 2.24) is 72.4 Å². The number of aliphatic imine (C=N–C) groups is 1. The Morgan fingerprint density at radius 1 is 0.767 bits per heavy atom. The molecular weight excluding hydrogens is 1160 g/mol. The number of carbonyl (C=O) groups is 10. The van der Waals surface area contributed by atoms with Crippen LogP contribution in [0.4, 0.5) is 0 Å². The van der Waals surface area contributed by atoms with E-state index in [1.807, 2.05) is 67.6 Å². The van der Waals surface area contributed by atoms with Crippen molar-refractivity contribution in [3.63, 3.8) is 0 Å². The zero-order valence-electron chi connectivity index (χ0n) is 50.2. The number of carbonyl (C=O) groups excluding carboxylic acids is 10. The Morgan fingerprint density at radius 3 is 2.26 bits per heavy atom. The quantitative estimate of drug-likeness (QED) is 0.0327. The highest BCUT2D eigenvalue weighted by Crippen LogP contribution is 2.30. The van der Waals surface area contributed by atoms with Gasteiger partial charge in [0.05, 0.1) is 30.9 Å². The number of nitrogens with two attached hydrogens (primary N) is 3. The van der Waals surface area contributed by atoms with Gasteiger partial charge in [0.15, 0.2) is 5.96 Å². The number of primary amides is 1. The van der Waals surface area contributed by atoms with Crippen LogP contribution in [0.1, 0.15) is 95.2 Å². The first-order valence-corrected chi connectivity index (χ1v) is 30.2. The molecule has 2 fully saturated rings. The molecule has 28 nitrogen and oxygen atoms in total. The van der Waals surface area contributed by atoms with Gasteiger partial charge in [-0.15, -0.1) is 5.10 Å². The largest absolute Gasteiger partial charge is 0.370 e. The van der Waals surface area contributed by atoms with Crippen molar-refractivity contribution in [3.05, 3.63) is 115 Å². The molecule has 15 N–H and O–H groups in total. The van der Waals surface area contributed by atoms with Crippen molar-refractivity contribution >= 4 is 86.7 Å². The molecule has 2 saturated heterocycles. The minimum Gasteiger partial charge on any atom is -0.370 e. The van der Waals surface area contributed by atoms with E-state index in [-0.39, 0.29) is 83.4 Å². The smallest absolute Gasteiger partial charge is 0.246 e. The molecule has 0 bridgehead atoms. The van der Waals surface area contributed by atoms with Gasteiger partial charge in [0, 0.05) is 69.1 Å². The van der Waals surface area contributed by atoms with Crippen LogP contribution in [0.25, 0.3) is 33.1 Å². The third kappa shape index (κ3) is 18.2. The van der Waals surface area contributed by atoms with Crippen LogP contribution >= 0.6 is 0 Å². The number of para-hydroxylation sites is 1. The summed E-state index contributed by atoms with van der Waals surface area (Å²) in [6.45, 7) is 2.33. The Labute approximate surface area is 518 Å². The van der Waals surface area contributed by atoms with Crippen LogP contribution in [-0.4, -0.2) is 163 Å². The molecule has 5 heterocycles. The van der Waals surface area contributed by atoms with Crippen LogP contribution in [0, 0.1) is 0 Å². The third-order valence-corrected chi connectivity index (χ3v) is 15.8. The number of unbranched alkanes of at least 4 members (excludes halogenated alkanes) is 1. The number of H-pyrrole nitrogens is 1. The van der Waals surface area contributed by atoms with Gasteiger partial charge in [-0.05, 0) is 78.6 Å². The molecule has 28 heteroatoms. The van der Waals surface area contributed by atoms with Crippen molar-refractivity contribution < 1.29 is 47.9 Å². The fourth-order valence-corrected chi connectivity index (χ4v) is 11.1. The number of benzene rings is 3. The summed E-state index contributed by atoms with van der Waals surface area (Å²) in [6.07, 6.45) is 5.80. The minimum atomic E-state index is -1.63. The van der Waals surface area contributed by atoms with E-state index in [4.69, 9.17) is 17.2 Å². The Balaban J connectivity index is 1.19. The summed E-state index contributed by atoms with van der Waals surface area (Å²) in [4.78, 5) is 155. The van der Waals surface area contributed by atoms with Crippen molar-refractivity contribution in [1.29, 1.82) is 0 Å². The monoisotopic (exact) mass is 1230 g/mol. The fourth-order valence-electron chi connectivity index (χ4n) is 11.1. The molecule has 1 unspecified atom stereocenters. The summed E-state index contributed by atoms with van der Waals surface area (Å²) in [5.74, 6) is -7.97. The van der Waals surface area contributed by atoms with E-state index in [1.165, 1.54) is 16.5 Å². The van der Waals surface area contributed by atoms with Crippen LogP contribution in [0.3, 0.4) is 0 Å². The van der Waals surface area contributed by atoms with Crippen molar-refractivity contribution in [2.75, 3.05) is 26.2 Å². The van der Waals surface area contributed by atoms with Crippen LogP contribution in [0.15, 0.2) is 109 Å². The summed E-state index contributed by atoms with van der Waals surface area (Å²) < 4.78 is 1.49. The molecule has 90 heavy (non-hydrogen) atoms. The molecule has 2 aliphatic rings. The second-order valence-corrected chi connectivity index (χ2v) is 22.5. The predicted octanol–water partition coefficient (Wildman–Crippen LogP) is 0.0662. The average molecular weight is 1240 g/mol. The zero-order valence-corrected chi connectivity index (χ0v) is 50.2. The number of rotatable bonds is 17. The zero-order chi connectivity index (χ0) is 64.3. The molecule has 0 spiro atoms. The van der Waals surface area contributed by atoms with E-state index in [0.717, 1.165) is 21.7 Å². The lowest BCUT2D eigenvalue weighted by Crippen LogP contribution is -2.60. The van der Waals surface area contributed by atoms with Gasteiger partial charge in [-0.3, -0.25) is 57.9 Å². The van der Waals surface area contributed by atoms with Crippen LogP contribution in [0.2, 0.25) is 0 Å². The lowest BCUT2D eigenvalue weighted by Gasteiger charge is -2.31. The number of aromatic amines is 1. The Kier molecular flexibility index (Phi) is 23.0. The number of fused-ring (bicyclic) bond motifs is 3. The van der Waals surface area contributed by atoms with Crippen LogP contribution in [0.5, 0.6) is 0 Å². The first-order chi connectivity index (χ1) is 43.3. The van der Waals surface area contributed by atoms with Gasteiger partial charge in [0.2, 0.25) is 59.1 Å². The highest BCUT2D eigenvalue weighted by Gasteiger charge is 2.45. The maximum absolute atomic E-state index is 15.5.